The smallest absolute Gasteiger partial charge is 0.224 e. The molecule has 4 N–H and O–H groups in total. The highest BCUT2D eigenvalue weighted by atomic mass is 16.5. The number of benzene rings is 1. The highest BCUT2D eigenvalue weighted by Crippen LogP contribution is 2.23. The molecule has 0 fully saturated rings. The number of rotatable bonds is 8. The van der Waals surface area contributed by atoms with Gasteiger partial charge in [0.05, 0.1) is 6.61 Å². The molecule has 130 valence electrons. The van der Waals surface area contributed by atoms with Crippen LogP contribution in [0.1, 0.15) is 39.7 Å². The molecule has 0 saturated heterocycles. The van der Waals surface area contributed by atoms with Gasteiger partial charge in [0.25, 0.3) is 0 Å². The largest absolute Gasteiger partial charge is 0.490 e. The van der Waals surface area contributed by atoms with Gasteiger partial charge >= 0.3 is 0 Å². The molecule has 6 heteroatoms. The normalized spacial score (nSPS) is 12.8. The molecule has 0 saturated carbocycles. The summed E-state index contributed by atoms with van der Waals surface area (Å²) in [5.41, 5.74) is 1.11. The van der Waals surface area contributed by atoms with Crippen molar-refractivity contribution in [1.82, 2.24) is 5.32 Å². The van der Waals surface area contributed by atoms with E-state index in [0.29, 0.717) is 30.0 Å². The van der Waals surface area contributed by atoms with E-state index >= 15 is 0 Å². The Bertz CT molecular complexity index is 512. The Morgan fingerprint density at radius 1 is 1.35 bits per heavy atom. The number of β-amino-alcohol motifs (C(OH)–C–C–N with tert-alkyl or cyclic N) is 1. The van der Waals surface area contributed by atoms with E-state index in [1.54, 1.807) is 25.1 Å². The summed E-state index contributed by atoms with van der Waals surface area (Å²) < 4.78 is 5.58. The maximum absolute atomic E-state index is 11.4. The second kappa shape index (κ2) is 8.86. The summed E-state index contributed by atoms with van der Waals surface area (Å²) in [4.78, 5) is 11.4. The Morgan fingerprint density at radius 3 is 2.61 bits per heavy atom. The van der Waals surface area contributed by atoms with E-state index in [4.69, 9.17) is 4.74 Å². The van der Waals surface area contributed by atoms with Crippen LogP contribution in [0.3, 0.4) is 0 Å². The van der Waals surface area contributed by atoms with Crippen LogP contribution in [0, 0.1) is 0 Å². The first-order chi connectivity index (χ1) is 10.7. The van der Waals surface area contributed by atoms with Crippen molar-refractivity contribution in [3.63, 3.8) is 0 Å². The van der Waals surface area contributed by atoms with Crippen LogP contribution < -0.4 is 15.4 Å². The minimum atomic E-state index is -0.653. The molecule has 23 heavy (non-hydrogen) atoms. The summed E-state index contributed by atoms with van der Waals surface area (Å²) in [5.74, 6) is 0.406. The van der Waals surface area contributed by atoms with Gasteiger partial charge in [-0.05, 0) is 39.0 Å². The average molecular weight is 324 g/mol. The van der Waals surface area contributed by atoms with Gasteiger partial charge in [0.1, 0.15) is 18.5 Å². The number of nitrogens with one attached hydrogen (secondary N) is 2. The first-order valence-corrected chi connectivity index (χ1v) is 7.84. The molecule has 1 aromatic carbocycles. The summed E-state index contributed by atoms with van der Waals surface area (Å²) in [6, 6.07) is 5.06. The molecule has 1 unspecified atom stereocenters. The summed E-state index contributed by atoms with van der Waals surface area (Å²) in [6.07, 6.45) is -0.264. The van der Waals surface area contributed by atoms with Crippen molar-refractivity contribution in [2.45, 2.75) is 52.4 Å². The van der Waals surface area contributed by atoms with E-state index in [-0.39, 0.29) is 24.7 Å². The molecule has 1 aromatic rings. The highest BCUT2D eigenvalue weighted by Gasteiger charge is 2.13. The van der Waals surface area contributed by atoms with Crippen molar-refractivity contribution in [2.75, 3.05) is 18.5 Å². The summed E-state index contributed by atoms with van der Waals surface area (Å²) >= 11 is 0. The van der Waals surface area contributed by atoms with Crippen molar-refractivity contribution >= 4 is 11.6 Å². The fourth-order valence-corrected chi connectivity index (χ4v) is 1.84. The molecule has 0 heterocycles. The lowest BCUT2D eigenvalue weighted by atomic mass is 10.1. The van der Waals surface area contributed by atoms with Gasteiger partial charge in [0, 0.05) is 29.8 Å². The van der Waals surface area contributed by atoms with E-state index < -0.39 is 6.10 Å². The molecule has 1 atom stereocenters. The lowest BCUT2D eigenvalue weighted by Gasteiger charge is -2.23. The Morgan fingerprint density at radius 2 is 2.04 bits per heavy atom. The lowest BCUT2D eigenvalue weighted by Crippen LogP contribution is -2.42. The topological polar surface area (TPSA) is 90.8 Å². The molecule has 0 aromatic heterocycles. The van der Waals surface area contributed by atoms with Gasteiger partial charge in [-0.25, -0.2) is 0 Å². The van der Waals surface area contributed by atoms with Gasteiger partial charge in [0.2, 0.25) is 5.91 Å². The number of aliphatic hydroxyl groups excluding tert-OH is 2. The average Bonchev–Trinajstić information content (AvgIpc) is 2.50. The number of ether oxygens (including phenoxy) is 1. The van der Waals surface area contributed by atoms with Crippen molar-refractivity contribution in [3.8, 4) is 5.75 Å². The second-order valence-electron chi connectivity index (χ2n) is 6.48. The zero-order chi connectivity index (χ0) is 17.5. The molecule has 6 nitrogen and oxygen atoms in total. The summed E-state index contributed by atoms with van der Waals surface area (Å²) in [7, 11) is 0. The van der Waals surface area contributed by atoms with Crippen LogP contribution in [0.25, 0.3) is 0 Å². The third kappa shape index (κ3) is 7.45. The van der Waals surface area contributed by atoms with Crippen molar-refractivity contribution in [3.05, 3.63) is 23.8 Å². The molecule has 0 aliphatic carbocycles. The number of aliphatic hydroxyl groups is 2. The van der Waals surface area contributed by atoms with Gasteiger partial charge in [0.15, 0.2) is 0 Å². The fraction of sp³-hybridized carbons (Fsp3) is 0.588. The van der Waals surface area contributed by atoms with Crippen LogP contribution in [0.5, 0.6) is 5.75 Å². The lowest BCUT2D eigenvalue weighted by molar-refractivity contribution is -0.115. The SMILES string of the molecule is CCC(=O)Nc1ccc(OCC(O)CNC(C)(C)C)c(CO)c1. The van der Waals surface area contributed by atoms with Gasteiger partial charge in [-0.2, -0.15) is 0 Å². The van der Waals surface area contributed by atoms with Crippen LogP contribution in [0.2, 0.25) is 0 Å². The third-order valence-corrected chi connectivity index (χ3v) is 3.13. The predicted molar refractivity (Wildman–Crippen MR) is 90.5 cm³/mol. The van der Waals surface area contributed by atoms with Crippen LogP contribution >= 0.6 is 0 Å². The monoisotopic (exact) mass is 324 g/mol. The predicted octanol–water partition coefficient (Wildman–Crippen LogP) is 1.66. The number of amides is 1. The van der Waals surface area contributed by atoms with Crippen LogP contribution in [-0.2, 0) is 11.4 Å². The van der Waals surface area contributed by atoms with E-state index in [0.717, 1.165) is 0 Å². The number of hydrogen-bond donors (Lipinski definition) is 4. The molecule has 0 spiro atoms. The molecule has 1 rings (SSSR count). The van der Waals surface area contributed by atoms with E-state index in [1.165, 1.54) is 0 Å². The highest BCUT2D eigenvalue weighted by molar-refractivity contribution is 5.90. The first-order valence-electron chi connectivity index (χ1n) is 7.84. The molecule has 0 aliphatic heterocycles. The van der Waals surface area contributed by atoms with Crippen LogP contribution in [0.4, 0.5) is 5.69 Å². The number of carbonyl (C=O) groups excluding carboxylic acids is 1. The zero-order valence-electron chi connectivity index (χ0n) is 14.3. The maximum Gasteiger partial charge on any atom is 0.224 e. The Kier molecular flexibility index (Phi) is 7.48. The third-order valence-electron chi connectivity index (χ3n) is 3.13. The van der Waals surface area contributed by atoms with Crippen molar-refractivity contribution in [1.29, 1.82) is 0 Å². The number of carbonyl (C=O) groups is 1. The maximum atomic E-state index is 11.4. The van der Waals surface area contributed by atoms with E-state index in [9.17, 15) is 15.0 Å². The van der Waals surface area contributed by atoms with Gasteiger partial charge in [-0.3, -0.25) is 4.79 Å². The van der Waals surface area contributed by atoms with Crippen LogP contribution in [-0.4, -0.2) is 40.9 Å². The van der Waals surface area contributed by atoms with Gasteiger partial charge < -0.3 is 25.6 Å². The van der Waals surface area contributed by atoms with Gasteiger partial charge in [-0.1, -0.05) is 6.92 Å². The minimum absolute atomic E-state index is 0.0730. The molecule has 0 bridgehead atoms. The standard InChI is InChI=1S/C17H28N2O4/c1-5-16(22)19-13-6-7-15(12(8-13)10-20)23-11-14(21)9-18-17(2,3)4/h6-8,14,18,20-21H,5,9-11H2,1-4H3,(H,19,22). The number of anilines is 1. The van der Waals surface area contributed by atoms with E-state index in [1.807, 2.05) is 20.8 Å². The summed E-state index contributed by atoms with van der Waals surface area (Å²) in [6.45, 7) is 8.17. The molecule has 0 radical (unpaired) electrons. The second-order valence-corrected chi connectivity index (χ2v) is 6.48. The quantitative estimate of drug-likeness (QED) is 0.584. The fourth-order valence-electron chi connectivity index (χ4n) is 1.84. The van der Waals surface area contributed by atoms with E-state index in [2.05, 4.69) is 10.6 Å². The number of hydrogen-bond acceptors (Lipinski definition) is 5. The van der Waals surface area contributed by atoms with Crippen molar-refractivity contribution < 1.29 is 19.7 Å². The Hall–Kier alpha value is -1.63. The van der Waals surface area contributed by atoms with Crippen LogP contribution in [0.15, 0.2) is 18.2 Å². The molecular weight excluding hydrogens is 296 g/mol. The Labute approximate surface area is 137 Å². The molecule has 0 aliphatic rings. The Balaban J connectivity index is 2.61. The van der Waals surface area contributed by atoms with Crippen molar-refractivity contribution in [2.24, 2.45) is 0 Å². The molecular formula is C17H28N2O4. The molecule has 1 amide bonds. The first kappa shape index (κ1) is 19.4. The van der Waals surface area contributed by atoms with Gasteiger partial charge in [-0.15, -0.1) is 0 Å². The minimum Gasteiger partial charge on any atom is -0.490 e. The summed E-state index contributed by atoms with van der Waals surface area (Å²) in [5, 5.41) is 25.3. The zero-order valence-corrected chi connectivity index (χ0v) is 14.3.